The van der Waals surface area contributed by atoms with Gasteiger partial charge in [0.25, 0.3) is 5.91 Å². The Morgan fingerprint density at radius 3 is 2.30 bits per heavy atom. The highest BCUT2D eigenvalue weighted by Gasteiger charge is 2.34. The summed E-state index contributed by atoms with van der Waals surface area (Å²) in [6.07, 6.45) is -0.734. The van der Waals surface area contributed by atoms with E-state index in [1.54, 1.807) is 0 Å². The summed E-state index contributed by atoms with van der Waals surface area (Å²) in [5.41, 5.74) is 1.90. The number of amides is 1. The van der Waals surface area contributed by atoms with Gasteiger partial charge in [0, 0.05) is 5.69 Å². The van der Waals surface area contributed by atoms with Crippen LogP contribution in [0.5, 0.6) is 0 Å². The van der Waals surface area contributed by atoms with Crippen LogP contribution in [0.15, 0.2) is 24.3 Å². The Morgan fingerprint density at radius 2 is 1.80 bits per heavy atom. The molecule has 108 valence electrons. The second kappa shape index (κ2) is 6.05. The highest BCUT2D eigenvalue weighted by Crippen LogP contribution is 2.22. The molecule has 0 spiro atoms. The standard InChI is InChI=1S/C15H19NO4/c1-9(2)10-3-5-11(6-4-10)16-14(17)12-7-8-13(20-12)15(18)19/h3-6,9,12-13H,7-8H2,1-2H3,(H,16,17)(H,18,19). The van der Waals surface area contributed by atoms with Crippen LogP contribution in [0.25, 0.3) is 0 Å². The molecule has 1 amide bonds. The Kier molecular flexibility index (Phi) is 4.39. The third kappa shape index (κ3) is 3.36. The zero-order chi connectivity index (χ0) is 14.7. The van der Waals surface area contributed by atoms with Crippen molar-refractivity contribution in [3.8, 4) is 0 Å². The summed E-state index contributed by atoms with van der Waals surface area (Å²) in [4.78, 5) is 22.7. The fraction of sp³-hybridized carbons (Fsp3) is 0.467. The van der Waals surface area contributed by atoms with Crippen LogP contribution in [0, 0.1) is 0 Å². The average molecular weight is 277 g/mol. The van der Waals surface area contributed by atoms with Crippen molar-refractivity contribution in [1.29, 1.82) is 0 Å². The summed E-state index contributed by atoms with van der Waals surface area (Å²) >= 11 is 0. The van der Waals surface area contributed by atoms with Gasteiger partial charge in [-0.2, -0.15) is 0 Å². The van der Waals surface area contributed by atoms with Gasteiger partial charge in [-0.3, -0.25) is 4.79 Å². The smallest absolute Gasteiger partial charge is 0.332 e. The molecule has 0 bridgehead atoms. The molecule has 2 rings (SSSR count). The molecule has 1 saturated heterocycles. The van der Waals surface area contributed by atoms with Crippen molar-refractivity contribution in [2.75, 3.05) is 5.32 Å². The normalized spacial score (nSPS) is 21.9. The minimum atomic E-state index is -1.01. The summed E-state index contributed by atoms with van der Waals surface area (Å²) in [6, 6.07) is 7.62. The molecule has 2 atom stereocenters. The highest BCUT2D eigenvalue weighted by atomic mass is 16.5. The third-order valence-electron chi connectivity index (χ3n) is 3.43. The van der Waals surface area contributed by atoms with E-state index in [-0.39, 0.29) is 5.91 Å². The lowest BCUT2D eigenvalue weighted by molar-refractivity contribution is -0.150. The van der Waals surface area contributed by atoms with Gasteiger partial charge in [0.2, 0.25) is 0 Å². The van der Waals surface area contributed by atoms with E-state index in [0.717, 1.165) is 0 Å². The summed E-state index contributed by atoms with van der Waals surface area (Å²) in [7, 11) is 0. The van der Waals surface area contributed by atoms with Crippen molar-refractivity contribution in [1.82, 2.24) is 0 Å². The number of rotatable bonds is 4. The van der Waals surface area contributed by atoms with E-state index >= 15 is 0 Å². The highest BCUT2D eigenvalue weighted by molar-refractivity contribution is 5.94. The van der Waals surface area contributed by atoms with E-state index < -0.39 is 18.2 Å². The first-order valence-corrected chi connectivity index (χ1v) is 6.76. The zero-order valence-electron chi connectivity index (χ0n) is 11.6. The number of carbonyl (C=O) groups excluding carboxylic acids is 1. The van der Waals surface area contributed by atoms with Crippen molar-refractivity contribution in [2.45, 2.75) is 44.8 Å². The number of aliphatic carboxylic acids is 1. The molecule has 2 N–H and O–H groups in total. The number of benzene rings is 1. The summed E-state index contributed by atoms with van der Waals surface area (Å²) in [5, 5.41) is 11.6. The van der Waals surface area contributed by atoms with E-state index in [0.29, 0.717) is 24.4 Å². The number of carboxylic acids is 1. The maximum absolute atomic E-state index is 12.0. The van der Waals surface area contributed by atoms with Gasteiger partial charge in [-0.1, -0.05) is 26.0 Å². The van der Waals surface area contributed by atoms with Crippen LogP contribution in [0.4, 0.5) is 5.69 Å². The molecule has 1 aliphatic heterocycles. The summed E-state index contributed by atoms with van der Waals surface area (Å²) in [6.45, 7) is 4.21. The Balaban J connectivity index is 1.93. The fourth-order valence-corrected chi connectivity index (χ4v) is 2.19. The predicted octanol–water partition coefficient (Wildman–Crippen LogP) is 2.38. The van der Waals surface area contributed by atoms with Crippen molar-refractivity contribution in [3.63, 3.8) is 0 Å². The van der Waals surface area contributed by atoms with Crippen molar-refractivity contribution < 1.29 is 19.4 Å². The van der Waals surface area contributed by atoms with Crippen LogP contribution in [0.1, 0.15) is 38.2 Å². The average Bonchev–Trinajstić information content (AvgIpc) is 2.89. The number of hydrogen-bond donors (Lipinski definition) is 2. The minimum absolute atomic E-state index is 0.286. The first-order chi connectivity index (χ1) is 9.47. The Labute approximate surface area is 117 Å². The van der Waals surface area contributed by atoms with Crippen molar-refractivity contribution in [2.24, 2.45) is 0 Å². The van der Waals surface area contributed by atoms with Gasteiger partial charge >= 0.3 is 5.97 Å². The van der Waals surface area contributed by atoms with Gasteiger partial charge in [0.05, 0.1) is 0 Å². The lowest BCUT2D eigenvalue weighted by Crippen LogP contribution is -2.29. The molecule has 1 aromatic rings. The Hall–Kier alpha value is -1.88. The van der Waals surface area contributed by atoms with Crippen LogP contribution < -0.4 is 5.32 Å². The third-order valence-corrected chi connectivity index (χ3v) is 3.43. The van der Waals surface area contributed by atoms with Crippen LogP contribution in [0.3, 0.4) is 0 Å². The van der Waals surface area contributed by atoms with Gasteiger partial charge in [-0.25, -0.2) is 4.79 Å². The molecule has 1 heterocycles. The maximum Gasteiger partial charge on any atom is 0.332 e. The monoisotopic (exact) mass is 277 g/mol. The second-order valence-corrected chi connectivity index (χ2v) is 5.29. The Morgan fingerprint density at radius 1 is 1.20 bits per heavy atom. The first kappa shape index (κ1) is 14.5. The van der Waals surface area contributed by atoms with Gasteiger partial charge in [0.1, 0.15) is 6.10 Å². The van der Waals surface area contributed by atoms with E-state index in [9.17, 15) is 9.59 Å². The van der Waals surface area contributed by atoms with E-state index in [1.807, 2.05) is 24.3 Å². The molecule has 1 fully saturated rings. The van der Waals surface area contributed by atoms with Crippen LogP contribution in [-0.2, 0) is 14.3 Å². The summed E-state index contributed by atoms with van der Waals surface area (Å²) < 4.78 is 5.21. The maximum atomic E-state index is 12.0. The molecular weight excluding hydrogens is 258 g/mol. The molecule has 5 nitrogen and oxygen atoms in total. The molecule has 0 saturated carbocycles. The SMILES string of the molecule is CC(C)c1ccc(NC(=O)C2CCC(C(=O)O)O2)cc1. The van der Waals surface area contributed by atoms with E-state index in [4.69, 9.17) is 9.84 Å². The molecule has 0 radical (unpaired) electrons. The number of nitrogens with one attached hydrogen (secondary N) is 1. The van der Waals surface area contributed by atoms with E-state index in [2.05, 4.69) is 19.2 Å². The van der Waals surface area contributed by atoms with Gasteiger partial charge in [-0.05, 0) is 36.5 Å². The van der Waals surface area contributed by atoms with Gasteiger partial charge in [-0.15, -0.1) is 0 Å². The molecule has 20 heavy (non-hydrogen) atoms. The molecule has 0 aromatic heterocycles. The van der Waals surface area contributed by atoms with Crippen molar-refractivity contribution >= 4 is 17.6 Å². The number of carboxylic acid groups (broad SMARTS) is 1. The number of carbonyl (C=O) groups is 2. The molecule has 0 aliphatic carbocycles. The molecule has 5 heteroatoms. The topological polar surface area (TPSA) is 75.6 Å². The number of anilines is 1. The first-order valence-electron chi connectivity index (χ1n) is 6.76. The molecule has 2 unspecified atom stereocenters. The van der Waals surface area contributed by atoms with Crippen molar-refractivity contribution in [3.05, 3.63) is 29.8 Å². The van der Waals surface area contributed by atoms with E-state index in [1.165, 1.54) is 5.56 Å². The van der Waals surface area contributed by atoms with Gasteiger partial charge in [0.15, 0.2) is 6.10 Å². The second-order valence-electron chi connectivity index (χ2n) is 5.29. The predicted molar refractivity (Wildman–Crippen MR) is 74.7 cm³/mol. The zero-order valence-corrected chi connectivity index (χ0v) is 11.6. The van der Waals surface area contributed by atoms with Gasteiger partial charge < -0.3 is 15.2 Å². The Bertz CT molecular complexity index is 495. The van der Waals surface area contributed by atoms with Crippen LogP contribution in [0.2, 0.25) is 0 Å². The fourth-order valence-electron chi connectivity index (χ4n) is 2.19. The molecular formula is C15H19NO4. The molecule has 1 aromatic carbocycles. The number of hydrogen-bond acceptors (Lipinski definition) is 3. The lowest BCUT2D eigenvalue weighted by Gasteiger charge is -2.12. The quantitative estimate of drug-likeness (QED) is 0.886. The summed E-state index contributed by atoms with van der Waals surface area (Å²) in [5.74, 6) is -0.859. The number of ether oxygens (including phenoxy) is 1. The van der Waals surface area contributed by atoms with Crippen LogP contribution in [-0.4, -0.2) is 29.2 Å². The lowest BCUT2D eigenvalue weighted by atomic mass is 10.0. The minimum Gasteiger partial charge on any atom is -0.479 e. The largest absolute Gasteiger partial charge is 0.479 e. The molecule has 1 aliphatic rings. The van der Waals surface area contributed by atoms with Crippen LogP contribution >= 0.6 is 0 Å².